The Hall–Kier alpha value is -1.16. The number of carbonyl (C=O) groups excluding carboxylic acids is 2. The van der Waals surface area contributed by atoms with Crippen molar-refractivity contribution in [3.63, 3.8) is 0 Å². The molecule has 2 N–H and O–H groups in total. The predicted octanol–water partition coefficient (Wildman–Crippen LogP) is 4.02. The van der Waals surface area contributed by atoms with E-state index in [0.717, 1.165) is 28.9 Å². The predicted molar refractivity (Wildman–Crippen MR) is 111 cm³/mol. The van der Waals surface area contributed by atoms with Gasteiger partial charge in [-0.2, -0.15) is 0 Å². The van der Waals surface area contributed by atoms with E-state index in [2.05, 4.69) is 10.6 Å². The normalized spacial score (nSPS) is 10.2. The zero-order valence-corrected chi connectivity index (χ0v) is 16.6. The van der Waals surface area contributed by atoms with Crippen molar-refractivity contribution in [1.29, 1.82) is 0 Å². The van der Waals surface area contributed by atoms with Crippen LogP contribution in [0.2, 0.25) is 0 Å². The molecule has 0 saturated heterocycles. The van der Waals surface area contributed by atoms with Crippen LogP contribution in [0.4, 0.5) is 11.4 Å². The van der Waals surface area contributed by atoms with Gasteiger partial charge in [-0.3, -0.25) is 9.59 Å². The van der Waals surface area contributed by atoms with Gasteiger partial charge in [0.15, 0.2) is 0 Å². The molecule has 23 heavy (non-hydrogen) atoms. The third-order valence-electron chi connectivity index (χ3n) is 3.07. The van der Waals surface area contributed by atoms with Crippen LogP contribution in [0.3, 0.4) is 0 Å². The first-order valence-corrected chi connectivity index (χ1v) is 10.1. The maximum atomic E-state index is 11.5. The van der Waals surface area contributed by atoms with Gasteiger partial charge in [-0.1, -0.05) is 69.4 Å². The Bertz CT molecular complexity index is 645. The second-order valence-corrected chi connectivity index (χ2v) is 6.47. The molecular weight excluding hydrogens is 518 g/mol. The number of hydrogen-bond acceptors (Lipinski definition) is 2. The lowest BCUT2D eigenvalue weighted by molar-refractivity contribution is -0.114. The molecule has 6 heteroatoms. The molecule has 2 rings (SSSR count). The molecule has 0 saturated carbocycles. The van der Waals surface area contributed by atoms with E-state index >= 15 is 0 Å². The van der Waals surface area contributed by atoms with Gasteiger partial charge in [-0.15, -0.1) is 0 Å². The van der Waals surface area contributed by atoms with Gasteiger partial charge in [0.1, 0.15) is 0 Å². The average Bonchev–Trinajstić information content (AvgIpc) is 2.55. The maximum Gasteiger partial charge on any atom is 0.234 e. The molecule has 0 aliphatic rings. The number of nitrogens with one attached hydrogen (secondary N) is 2. The Labute approximate surface area is 162 Å². The zero-order chi connectivity index (χ0) is 16.7. The number of amides is 2. The van der Waals surface area contributed by atoms with Crippen molar-refractivity contribution in [2.75, 3.05) is 19.5 Å². The Kier molecular flexibility index (Phi) is 7.28. The third-order valence-corrected chi connectivity index (χ3v) is 4.46. The molecular formula is C17H16I2N2O2. The van der Waals surface area contributed by atoms with E-state index in [0.29, 0.717) is 8.86 Å². The van der Waals surface area contributed by atoms with Gasteiger partial charge in [0.2, 0.25) is 11.8 Å². The number of rotatable bonds is 6. The number of hydrogen-bond donors (Lipinski definition) is 2. The fourth-order valence-electron chi connectivity index (χ4n) is 2.14. The van der Waals surface area contributed by atoms with Crippen LogP contribution in [0, 0.1) is 0 Å². The Morgan fingerprint density at radius 2 is 1.22 bits per heavy atom. The summed E-state index contributed by atoms with van der Waals surface area (Å²) in [6, 6.07) is 15.6. The summed E-state index contributed by atoms with van der Waals surface area (Å²) in [4.78, 5) is 22.9. The molecule has 2 aromatic carbocycles. The number of anilines is 2. The lowest BCUT2D eigenvalue weighted by Gasteiger charge is -2.08. The van der Waals surface area contributed by atoms with E-state index in [-0.39, 0.29) is 11.8 Å². The van der Waals surface area contributed by atoms with Crippen molar-refractivity contribution in [2.24, 2.45) is 0 Å². The number of alkyl halides is 2. The zero-order valence-electron chi connectivity index (χ0n) is 12.3. The van der Waals surface area contributed by atoms with Gasteiger partial charge >= 0.3 is 0 Å². The quantitative estimate of drug-likeness (QED) is 0.435. The van der Waals surface area contributed by atoms with E-state index in [4.69, 9.17) is 0 Å². The minimum atomic E-state index is -0.00809. The van der Waals surface area contributed by atoms with Crippen molar-refractivity contribution < 1.29 is 9.59 Å². The van der Waals surface area contributed by atoms with Crippen molar-refractivity contribution >= 4 is 68.4 Å². The van der Waals surface area contributed by atoms with Gasteiger partial charge in [0, 0.05) is 11.4 Å². The standard InChI is InChI=1S/C17H16I2N2O2/c18-10-16(22)20-14-5-1-3-12(8-14)7-13-4-2-6-15(9-13)21-17(23)11-19/h1-6,8-9H,7,10-11H2,(H,20,22)(H,21,23). The molecule has 4 nitrogen and oxygen atoms in total. The van der Waals surface area contributed by atoms with Gasteiger partial charge in [-0.05, 0) is 41.8 Å². The molecule has 0 unspecified atom stereocenters. The van der Waals surface area contributed by atoms with E-state index in [1.54, 1.807) is 0 Å². The first-order chi connectivity index (χ1) is 11.1. The Balaban J connectivity index is 2.10. The lowest BCUT2D eigenvalue weighted by atomic mass is 10.0. The molecule has 0 heterocycles. The van der Waals surface area contributed by atoms with Crippen LogP contribution in [-0.2, 0) is 16.0 Å². The molecule has 0 aliphatic carbocycles. The van der Waals surface area contributed by atoms with Crippen molar-refractivity contribution in [3.05, 3.63) is 59.7 Å². The highest BCUT2D eigenvalue weighted by Crippen LogP contribution is 2.18. The third kappa shape index (κ3) is 6.09. The Morgan fingerprint density at radius 3 is 1.61 bits per heavy atom. The SMILES string of the molecule is O=C(CI)Nc1cccc(Cc2cccc(NC(=O)CI)c2)c1. The molecule has 0 aliphatic heterocycles. The number of halogens is 2. The monoisotopic (exact) mass is 534 g/mol. The summed E-state index contributed by atoms with van der Waals surface area (Å²) >= 11 is 4.07. The Morgan fingerprint density at radius 1 is 0.783 bits per heavy atom. The van der Waals surface area contributed by atoms with Crippen molar-refractivity contribution in [1.82, 2.24) is 0 Å². The smallest absolute Gasteiger partial charge is 0.234 e. The molecule has 0 spiro atoms. The van der Waals surface area contributed by atoms with Crippen LogP contribution >= 0.6 is 45.2 Å². The molecule has 0 fully saturated rings. The molecule has 2 amide bonds. The summed E-state index contributed by atoms with van der Waals surface area (Å²) in [6.07, 6.45) is 0.738. The summed E-state index contributed by atoms with van der Waals surface area (Å²) in [5.74, 6) is -0.0162. The van der Waals surface area contributed by atoms with E-state index in [9.17, 15) is 9.59 Å². The minimum Gasteiger partial charge on any atom is -0.325 e. The van der Waals surface area contributed by atoms with Crippen LogP contribution in [-0.4, -0.2) is 20.7 Å². The second-order valence-electron chi connectivity index (χ2n) is 4.94. The minimum absolute atomic E-state index is 0.00809. The molecule has 0 radical (unpaired) electrons. The topological polar surface area (TPSA) is 58.2 Å². The lowest BCUT2D eigenvalue weighted by Crippen LogP contribution is -2.12. The molecule has 0 atom stereocenters. The fourth-order valence-corrected chi connectivity index (χ4v) is 2.52. The van der Waals surface area contributed by atoms with E-state index < -0.39 is 0 Å². The fraction of sp³-hybridized carbons (Fsp3) is 0.176. The summed E-state index contributed by atoms with van der Waals surface area (Å²) in [5.41, 5.74) is 3.82. The van der Waals surface area contributed by atoms with Crippen molar-refractivity contribution in [3.8, 4) is 0 Å². The average molecular weight is 534 g/mol. The van der Waals surface area contributed by atoms with Crippen LogP contribution < -0.4 is 10.6 Å². The molecule has 0 aromatic heterocycles. The molecule has 2 aromatic rings. The summed E-state index contributed by atoms with van der Waals surface area (Å²) in [6.45, 7) is 0. The first-order valence-electron chi connectivity index (χ1n) is 7.00. The summed E-state index contributed by atoms with van der Waals surface area (Å²) in [5, 5.41) is 5.72. The van der Waals surface area contributed by atoms with Gasteiger partial charge in [-0.25, -0.2) is 0 Å². The highest BCUT2D eigenvalue weighted by molar-refractivity contribution is 14.1. The van der Waals surface area contributed by atoms with Crippen LogP contribution in [0.5, 0.6) is 0 Å². The van der Waals surface area contributed by atoms with Gasteiger partial charge < -0.3 is 10.6 Å². The maximum absolute atomic E-state index is 11.5. The van der Waals surface area contributed by atoms with Crippen LogP contribution in [0.15, 0.2) is 48.5 Å². The molecule has 0 bridgehead atoms. The summed E-state index contributed by atoms with van der Waals surface area (Å²) in [7, 11) is 0. The summed E-state index contributed by atoms with van der Waals surface area (Å²) < 4.78 is 0.862. The first kappa shape index (κ1) is 18.2. The number of carbonyl (C=O) groups is 2. The van der Waals surface area contributed by atoms with Crippen LogP contribution in [0.25, 0.3) is 0 Å². The van der Waals surface area contributed by atoms with E-state index in [1.807, 2.05) is 93.7 Å². The van der Waals surface area contributed by atoms with Gasteiger partial charge in [0.05, 0.1) is 8.86 Å². The second kappa shape index (κ2) is 9.21. The van der Waals surface area contributed by atoms with E-state index in [1.165, 1.54) is 0 Å². The van der Waals surface area contributed by atoms with Crippen molar-refractivity contribution in [2.45, 2.75) is 6.42 Å². The molecule has 120 valence electrons. The number of benzene rings is 2. The highest BCUT2D eigenvalue weighted by atomic mass is 127. The highest BCUT2D eigenvalue weighted by Gasteiger charge is 2.04. The largest absolute Gasteiger partial charge is 0.325 e. The van der Waals surface area contributed by atoms with Crippen LogP contribution in [0.1, 0.15) is 11.1 Å². The van der Waals surface area contributed by atoms with Gasteiger partial charge in [0.25, 0.3) is 0 Å².